The van der Waals surface area contributed by atoms with Crippen LogP contribution >= 0.6 is 0 Å². The van der Waals surface area contributed by atoms with Crippen molar-refractivity contribution in [1.82, 2.24) is 4.90 Å². The van der Waals surface area contributed by atoms with Gasteiger partial charge in [-0.2, -0.15) is 0 Å². The van der Waals surface area contributed by atoms with E-state index >= 15 is 0 Å². The summed E-state index contributed by atoms with van der Waals surface area (Å²) in [6, 6.07) is 16.8. The fourth-order valence-corrected chi connectivity index (χ4v) is 2.40. The zero-order chi connectivity index (χ0) is 17.4. The van der Waals surface area contributed by atoms with Crippen molar-refractivity contribution in [3.05, 3.63) is 65.7 Å². The number of nitrogens with one attached hydrogen (secondary N) is 1. The van der Waals surface area contributed by atoms with Gasteiger partial charge in [0.25, 0.3) is 0 Å². The van der Waals surface area contributed by atoms with E-state index in [4.69, 9.17) is 0 Å². The number of hydrogen-bond donors (Lipinski definition) is 1. The van der Waals surface area contributed by atoms with Gasteiger partial charge in [0.1, 0.15) is 0 Å². The van der Waals surface area contributed by atoms with Gasteiger partial charge in [0, 0.05) is 24.3 Å². The van der Waals surface area contributed by atoms with Crippen LogP contribution in [0.15, 0.2) is 54.6 Å². The van der Waals surface area contributed by atoms with Gasteiger partial charge in [-0.15, -0.1) is 0 Å². The molecule has 2 aromatic carbocycles. The summed E-state index contributed by atoms with van der Waals surface area (Å²) in [7, 11) is 0. The number of benzene rings is 2. The fraction of sp³-hybridized carbons (Fsp3) is 0.300. The lowest BCUT2D eigenvalue weighted by Gasteiger charge is -2.23. The Morgan fingerprint density at radius 3 is 2.25 bits per heavy atom. The number of carbonyl (C=O) groups excluding carboxylic acids is 2. The van der Waals surface area contributed by atoms with Gasteiger partial charge in [0.05, 0.1) is 0 Å². The molecule has 0 radical (unpaired) electrons. The van der Waals surface area contributed by atoms with Crippen molar-refractivity contribution >= 4 is 17.5 Å². The van der Waals surface area contributed by atoms with Gasteiger partial charge < -0.3 is 10.2 Å². The molecular formula is C20H24N2O2. The third kappa shape index (κ3) is 5.23. The van der Waals surface area contributed by atoms with E-state index in [1.54, 1.807) is 24.3 Å². The first-order valence-electron chi connectivity index (χ1n) is 8.31. The quantitative estimate of drug-likeness (QED) is 0.749. The average Bonchev–Trinajstić information content (AvgIpc) is 2.60. The van der Waals surface area contributed by atoms with Crippen LogP contribution in [0.1, 0.15) is 42.6 Å². The molecule has 0 unspecified atom stereocenters. The van der Waals surface area contributed by atoms with E-state index in [1.807, 2.05) is 35.2 Å². The molecule has 0 aliphatic carbocycles. The Labute approximate surface area is 143 Å². The second kappa shape index (κ2) is 8.87. The standard InChI is InChI=1S/C20H24N2O2/c1-3-4-14-22(15-17-8-6-5-7-9-17)20(24)21-19-12-10-18(11-13-19)16(2)23/h5-13H,3-4,14-15H2,1-2H3,(H,21,24). The SMILES string of the molecule is CCCCN(Cc1ccccc1)C(=O)Nc1ccc(C(C)=O)cc1. The van der Waals surface area contributed by atoms with Crippen LogP contribution in [0.2, 0.25) is 0 Å². The molecule has 24 heavy (non-hydrogen) atoms. The average molecular weight is 324 g/mol. The number of urea groups is 1. The Hall–Kier alpha value is -2.62. The van der Waals surface area contributed by atoms with Gasteiger partial charge in [0.15, 0.2) is 5.78 Å². The Balaban J connectivity index is 2.04. The normalized spacial score (nSPS) is 10.2. The van der Waals surface area contributed by atoms with Crippen LogP contribution in [0.25, 0.3) is 0 Å². The number of hydrogen-bond acceptors (Lipinski definition) is 2. The van der Waals surface area contributed by atoms with Gasteiger partial charge in [-0.05, 0) is 43.2 Å². The number of ketones is 1. The molecular weight excluding hydrogens is 300 g/mol. The van der Waals surface area contributed by atoms with Crippen LogP contribution in [0, 0.1) is 0 Å². The third-order valence-corrected chi connectivity index (χ3v) is 3.83. The number of Topliss-reactive ketones (excluding diaryl/α,β-unsaturated/α-hetero) is 1. The van der Waals surface area contributed by atoms with Gasteiger partial charge in [0.2, 0.25) is 0 Å². The molecule has 2 rings (SSSR count). The summed E-state index contributed by atoms with van der Waals surface area (Å²) in [5.41, 5.74) is 2.44. The van der Waals surface area contributed by atoms with E-state index in [1.165, 1.54) is 6.92 Å². The van der Waals surface area contributed by atoms with E-state index < -0.39 is 0 Å². The number of anilines is 1. The minimum atomic E-state index is -0.122. The smallest absolute Gasteiger partial charge is 0.320 e. The Kier molecular flexibility index (Phi) is 6.55. The second-order valence-corrected chi connectivity index (χ2v) is 5.82. The molecule has 0 aliphatic rings. The molecule has 2 amide bonds. The minimum Gasteiger partial charge on any atom is -0.320 e. The molecule has 0 spiro atoms. The van der Waals surface area contributed by atoms with Crippen molar-refractivity contribution < 1.29 is 9.59 Å². The molecule has 0 aliphatic heterocycles. The van der Waals surface area contributed by atoms with E-state index in [0.29, 0.717) is 24.3 Å². The van der Waals surface area contributed by atoms with Crippen molar-refractivity contribution in [3.63, 3.8) is 0 Å². The van der Waals surface area contributed by atoms with Gasteiger partial charge in [-0.25, -0.2) is 4.79 Å². The van der Waals surface area contributed by atoms with Gasteiger partial charge in [-0.1, -0.05) is 43.7 Å². The van der Waals surface area contributed by atoms with Gasteiger partial charge in [-0.3, -0.25) is 4.79 Å². The largest absolute Gasteiger partial charge is 0.322 e. The number of amides is 2. The molecule has 0 saturated heterocycles. The summed E-state index contributed by atoms with van der Waals surface area (Å²) < 4.78 is 0. The fourth-order valence-electron chi connectivity index (χ4n) is 2.40. The van der Waals surface area contributed by atoms with Crippen molar-refractivity contribution in [2.24, 2.45) is 0 Å². The highest BCUT2D eigenvalue weighted by Crippen LogP contribution is 2.13. The summed E-state index contributed by atoms with van der Waals surface area (Å²) in [4.78, 5) is 25.7. The zero-order valence-corrected chi connectivity index (χ0v) is 14.3. The van der Waals surface area contributed by atoms with E-state index in [0.717, 1.165) is 18.4 Å². The first-order chi connectivity index (χ1) is 11.6. The number of unbranched alkanes of at least 4 members (excludes halogenated alkanes) is 1. The lowest BCUT2D eigenvalue weighted by atomic mass is 10.1. The highest BCUT2D eigenvalue weighted by molar-refractivity contribution is 5.95. The van der Waals surface area contributed by atoms with Crippen LogP contribution in [-0.2, 0) is 6.54 Å². The molecule has 0 bridgehead atoms. The molecule has 4 heteroatoms. The monoisotopic (exact) mass is 324 g/mol. The molecule has 4 nitrogen and oxygen atoms in total. The van der Waals surface area contributed by atoms with Gasteiger partial charge >= 0.3 is 6.03 Å². The summed E-state index contributed by atoms with van der Waals surface area (Å²) in [6.45, 7) is 4.93. The van der Waals surface area contributed by atoms with Crippen LogP contribution in [0.3, 0.4) is 0 Å². The molecule has 0 atom stereocenters. The van der Waals surface area contributed by atoms with E-state index in [2.05, 4.69) is 12.2 Å². The predicted octanol–water partition coefficient (Wildman–Crippen LogP) is 4.72. The molecule has 2 aromatic rings. The summed E-state index contributed by atoms with van der Waals surface area (Å²) in [5.74, 6) is 0.0153. The lowest BCUT2D eigenvalue weighted by Crippen LogP contribution is -2.35. The first-order valence-corrected chi connectivity index (χ1v) is 8.31. The minimum absolute atomic E-state index is 0.0153. The van der Waals surface area contributed by atoms with Crippen LogP contribution in [-0.4, -0.2) is 23.3 Å². The summed E-state index contributed by atoms with van der Waals surface area (Å²) in [5, 5.41) is 2.91. The maximum absolute atomic E-state index is 12.6. The Morgan fingerprint density at radius 1 is 1.00 bits per heavy atom. The van der Waals surface area contributed by atoms with E-state index in [9.17, 15) is 9.59 Å². The molecule has 0 fully saturated rings. The Morgan fingerprint density at radius 2 is 1.67 bits per heavy atom. The molecule has 1 N–H and O–H groups in total. The van der Waals surface area contributed by atoms with Crippen molar-refractivity contribution in [1.29, 1.82) is 0 Å². The zero-order valence-electron chi connectivity index (χ0n) is 14.3. The predicted molar refractivity (Wildman–Crippen MR) is 97.2 cm³/mol. The molecule has 0 aromatic heterocycles. The molecule has 0 heterocycles. The van der Waals surface area contributed by atoms with E-state index in [-0.39, 0.29) is 11.8 Å². The molecule has 0 saturated carbocycles. The van der Waals surface area contributed by atoms with Crippen molar-refractivity contribution in [2.75, 3.05) is 11.9 Å². The summed E-state index contributed by atoms with van der Waals surface area (Å²) >= 11 is 0. The van der Waals surface area contributed by atoms with Crippen molar-refractivity contribution in [3.8, 4) is 0 Å². The first kappa shape index (κ1) is 17.7. The number of rotatable bonds is 7. The molecule has 126 valence electrons. The van der Waals surface area contributed by atoms with Crippen molar-refractivity contribution in [2.45, 2.75) is 33.2 Å². The topological polar surface area (TPSA) is 49.4 Å². The van der Waals surface area contributed by atoms with Crippen LogP contribution < -0.4 is 5.32 Å². The highest BCUT2D eigenvalue weighted by Gasteiger charge is 2.14. The van der Waals surface area contributed by atoms with Crippen LogP contribution in [0.4, 0.5) is 10.5 Å². The Bertz CT molecular complexity index is 666. The maximum atomic E-state index is 12.6. The lowest BCUT2D eigenvalue weighted by molar-refractivity contribution is 0.101. The number of carbonyl (C=O) groups is 2. The maximum Gasteiger partial charge on any atom is 0.322 e. The van der Waals surface area contributed by atoms with Crippen LogP contribution in [0.5, 0.6) is 0 Å². The number of nitrogens with zero attached hydrogens (tertiary/aromatic N) is 1. The second-order valence-electron chi connectivity index (χ2n) is 5.82. The highest BCUT2D eigenvalue weighted by atomic mass is 16.2. The third-order valence-electron chi connectivity index (χ3n) is 3.83. The summed E-state index contributed by atoms with van der Waals surface area (Å²) in [6.07, 6.45) is 2.00.